The number of halogens is 4. The molecular weight excluding hydrogens is 552 g/mol. The first-order valence-corrected chi connectivity index (χ1v) is 12.2. The van der Waals surface area contributed by atoms with Crippen LogP contribution in [0.1, 0.15) is 12.5 Å². The van der Waals surface area contributed by atoms with E-state index in [1.165, 1.54) is 26.2 Å². The van der Waals surface area contributed by atoms with Crippen molar-refractivity contribution in [3.8, 4) is 17.2 Å². The van der Waals surface area contributed by atoms with Crippen molar-refractivity contribution in [3.05, 3.63) is 76.3 Å². The number of nitro benzene ring substituents is 1. The summed E-state index contributed by atoms with van der Waals surface area (Å²) in [7, 11) is -2.93. The summed E-state index contributed by atoms with van der Waals surface area (Å²) in [6, 6.07) is 12.1. The molecule has 0 heterocycles. The van der Waals surface area contributed by atoms with Gasteiger partial charge >= 0.3 is 13.2 Å². The molecular formula is C23H20F4N4O7S. The third kappa shape index (κ3) is 7.47. The van der Waals surface area contributed by atoms with E-state index in [1.807, 2.05) is 0 Å². The van der Waals surface area contributed by atoms with Gasteiger partial charge in [0, 0.05) is 17.7 Å². The summed E-state index contributed by atoms with van der Waals surface area (Å²) in [5.74, 6) is -0.758. The fourth-order valence-electron chi connectivity index (χ4n) is 3.23. The van der Waals surface area contributed by atoms with Gasteiger partial charge in [0.05, 0.1) is 28.3 Å². The van der Waals surface area contributed by atoms with Crippen molar-refractivity contribution < 1.29 is 45.1 Å². The molecule has 0 spiro atoms. The Hall–Kier alpha value is -4.60. The first-order valence-electron chi connectivity index (χ1n) is 10.7. The summed E-state index contributed by atoms with van der Waals surface area (Å²) < 4.78 is 92.3. The number of sulfonamides is 1. The first-order chi connectivity index (χ1) is 18.4. The van der Waals surface area contributed by atoms with Crippen LogP contribution < -0.4 is 24.4 Å². The van der Waals surface area contributed by atoms with Crippen LogP contribution in [0.3, 0.4) is 0 Å². The number of hydrogen-bond acceptors (Lipinski definition) is 9. The van der Waals surface area contributed by atoms with Gasteiger partial charge in [-0.25, -0.2) is 8.42 Å². The van der Waals surface area contributed by atoms with Crippen LogP contribution in [0, 0.1) is 10.1 Å². The number of ether oxygens (including phenoxy) is 3. The van der Waals surface area contributed by atoms with Gasteiger partial charge < -0.3 is 14.2 Å². The van der Waals surface area contributed by atoms with E-state index in [0.717, 1.165) is 36.4 Å². The van der Waals surface area contributed by atoms with Gasteiger partial charge in [-0.2, -0.15) is 22.7 Å². The van der Waals surface area contributed by atoms with Crippen LogP contribution in [-0.2, 0) is 10.0 Å². The van der Waals surface area contributed by atoms with Gasteiger partial charge in [-0.3, -0.25) is 20.3 Å². The molecule has 3 rings (SSSR count). The highest BCUT2D eigenvalue weighted by Gasteiger charge is 2.23. The van der Waals surface area contributed by atoms with Gasteiger partial charge in [0.1, 0.15) is 22.9 Å². The monoisotopic (exact) mass is 572 g/mol. The lowest BCUT2D eigenvalue weighted by Crippen LogP contribution is -2.14. The number of benzene rings is 3. The molecule has 16 heteroatoms. The van der Waals surface area contributed by atoms with Crippen LogP contribution in [-0.4, -0.2) is 39.4 Å². The molecule has 208 valence electrons. The standard InChI is InChI=1S/C23H20F4N4O7S/c1-13(16-9-7-14(37-22(24)25)11-21(16)38-23(26)27)28-29-17-10-8-15(12-19(17)31(32)33)39(34,35)30-18-5-3-4-6-20(18)36-2/h3-12,22-23,29-30H,1-2H3. The van der Waals surface area contributed by atoms with E-state index in [1.54, 1.807) is 12.1 Å². The van der Waals surface area contributed by atoms with Gasteiger partial charge in [0.25, 0.3) is 15.7 Å². The molecule has 3 aromatic rings. The van der Waals surface area contributed by atoms with E-state index < -0.39 is 50.3 Å². The van der Waals surface area contributed by atoms with E-state index in [2.05, 4.69) is 24.7 Å². The Balaban J connectivity index is 1.91. The summed E-state index contributed by atoms with van der Waals surface area (Å²) in [6.45, 7) is -5.17. The van der Waals surface area contributed by atoms with E-state index in [4.69, 9.17) is 4.74 Å². The van der Waals surface area contributed by atoms with Crippen LogP contribution in [0.25, 0.3) is 0 Å². The molecule has 0 amide bonds. The lowest BCUT2D eigenvalue weighted by Gasteiger charge is -2.13. The zero-order chi connectivity index (χ0) is 28.7. The lowest BCUT2D eigenvalue weighted by molar-refractivity contribution is -0.384. The Morgan fingerprint density at radius 2 is 1.64 bits per heavy atom. The fraction of sp³-hybridized carbons (Fsp3) is 0.174. The molecule has 0 saturated carbocycles. The van der Waals surface area contributed by atoms with Crippen molar-refractivity contribution >= 4 is 32.8 Å². The number of anilines is 2. The second-order valence-corrected chi connectivity index (χ2v) is 9.15. The van der Waals surface area contributed by atoms with Crippen molar-refractivity contribution in [2.45, 2.75) is 25.0 Å². The van der Waals surface area contributed by atoms with E-state index >= 15 is 0 Å². The Labute approximate surface area is 219 Å². The number of hydrazone groups is 1. The third-order valence-corrected chi connectivity index (χ3v) is 6.32. The van der Waals surface area contributed by atoms with Crippen LogP contribution >= 0.6 is 0 Å². The number of nitro groups is 1. The Bertz CT molecular complexity index is 1490. The highest BCUT2D eigenvalue weighted by molar-refractivity contribution is 7.92. The van der Waals surface area contributed by atoms with Gasteiger partial charge in [0.2, 0.25) is 0 Å². The van der Waals surface area contributed by atoms with Crippen LogP contribution in [0.4, 0.5) is 34.6 Å². The molecule has 0 aromatic heterocycles. The van der Waals surface area contributed by atoms with Gasteiger partial charge in [-0.15, -0.1) is 0 Å². The highest BCUT2D eigenvalue weighted by Crippen LogP contribution is 2.32. The fourth-order valence-corrected chi connectivity index (χ4v) is 4.32. The molecule has 0 radical (unpaired) electrons. The molecule has 39 heavy (non-hydrogen) atoms. The summed E-state index contributed by atoms with van der Waals surface area (Å²) >= 11 is 0. The second-order valence-electron chi connectivity index (χ2n) is 7.47. The quantitative estimate of drug-likeness (QED) is 0.126. The van der Waals surface area contributed by atoms with Crippen molar-refractivity contribution in [3.63, 3.8) is 0 Å². The number of rotatable bonds is 12. The number of nitrogens with zero attached hydrogens (tertiary/aromatic N) is 2. The molecule has 0 aliphatic heterocycles. The predicted octanol–water partition coefficient (Wildman–Crippen LogP) is 5.44. The number of nitrogens with one attached hydrogen (secondary N) is 2. The number of alkyl halides is 4. The molecule has 0 aliphatic carbocycles. The maximum absolute atomic E-state index is 12.9. The van der Waals surface area contributed by atoms with Crippen molar-refractivity contribution in [1.29, 1.82) is 0 Å². The molecule has 11 nitrogen and oxygen atoms in total. The summed E-state index contributed by atoms with van der Waals surface area (Å²) in [4.78, 5) is 10.4. The van der Waals surface area contributed by atoms with E-state index in [0.29, 0.717) is 0 Å². The van der Waals surface area contributed by atoms with E-state index in [9.17, 15) is 36.1 Å². The van der Waals surface area contributed by atoms with Crippen molar-refractivity contribution in [2.24, 2.45) is 5.10 Å². The second kappa shape index (κ2) is 12.3. The summed E-state index contributed by atoms with van der Waals surface area (Å²) in [5, 5.41) is 15.6. The summed E-state index contributed by atoms with van der Waals surface area (Å²) in [6.07, 6.45) is 0. The Morgan fingerprint density at radius 1 is 0.949 bits per heavy atom. The maximum Gasteiger partial charge on any atom is 0.387 e. The molecule has 2 N–H and O–H groups in total. The molecule has 0 fully saturated rings. The Morgan fingerprint density at radius 3 is 2.28 bits per heavy atom. The third-order valence-electron chi connectivity index (χ3n) is 4.96. The average Bonchev–Trinajstić information content (AvgIpc) is 2.86. The number of hydrogen-bond donors (Lipinski definition) is 2. The first kappa shape index (κ1) is 29.0. The minimum absolute atomic E-state index is 0.0296. The molecule has 0 bridgehead atoms. The number of para-hydroxylation sites is 2. The SMILES string of the molecule is COc1ccccc1NS(=O)(=O)c1ccc(NN=C(C)c2ccc(OC(F)F)cc2OC(F)F)c([N+](=O)[O-])c1. The Kier molecular flexibility index (Phi) is 9.13. The molecule has 0 aliphatic rings. The van der Waals surface area contributed by atoms with Crippen LogP contribution in [0.5, 0.6) is 17.2 Å². The zero-order valence-electron chi connectivity index (χ0n) is 20.1. The molecule has 0 saturated heterocycles. The average molecular weight is 572 g/mol. The molecule has 0 atom stereocenters. The lowest BCUT2D eigenvalue weighted by atomic mass is 10.1. The topological polar surface area (TPSA) is 141 Å². The minimum Gasteiger partial charge on any atom is -0.495 e. The number of methoxy groups -OCH3 is 1. The zero-order valence-corrected chi connectivity index (χ0v) is 20.9. The van der Waals surface area contributed by atoms with Crippen molar-refractivity contribution in [1.82, 2.24) is 0 Å². The van der Waals surface area contributed by atoms with Gasteiger partial charge in [0.15, 0.2) is 0 Å². The van der Waals surface area contributed by atoms with Gasteiger partial charge in [-0.05, 0) is 43.3 Å². The highest BCUT2D eigenvalue weighted by atomic mass is 32.2. The minimum atomic E-state index is -4.27. The van der Waals surface area contributed by atoms with Crippen molar-refractivity contribution in [2.75, 3.05) is 17.3 Å². The van der Waals surface area contributed by atoms with Crippen LogP contribution in [0.2, 0.25) is 0 Å². The summed E-state index contributed by atoms with van der Waals surface area (Å²) in [5.41, 5.74) is 1.50. The van der Waals surface area contributed by atoms with Crippen LogP contribution in [0.15, 0.2) is 70.7 Å². The maximum atomic E-state index is 12.9. The van der Waals surface area contributed by atoms with Gasteiger partial charge in [-0.1, -0.05) is 12.1 Å². The van der Waals surface area contributed by atoms with E-state index in [-0.39, 0.29) is 28.4 Å². The molecule has 3 aromatic carbocycles. The predicted molar refractivity (Wildman–Crippen MR) is 132 cm³/mol. The molecule has 0 unspecified atom stereocenters. The normalized spacial score (nSPS) is 11.8. The smallest absolute Gasteiger partial charge is 0.387 e. The largest absolute Gasteiger partial charge is 0.495 e.